The Morgan fingerprint density at radius 2 is 2.50 bits per heavy atom. The SMILES string of the molecule is [CH2]c1occc1CO. The molecule has 1 aromatic rings. The van der Waals surface area contributed by atoms with Crippen LogP contribution in [-0.2, 0) is 6.61 Å². The molecule has 1 aromatic heterocycles. The lowest BCUT2D eigenvalue weighted by molar-refractivity contribution is 0.279. The maximum atomic E-state index is 8.51. The molecule has 0 aromatic carbocycles. The van der Waals surface area contributed by atoms with E-state index in [0.29, 0.717) is 5.76 Å². The van der Waals surface area contributed by atoms with Crippen LogP contribution in [0.1, 0.15) is 11.3 Å². The summed E-state index contributed by atoms with van der Waals surface area (Å²) in [5, 5.41) is 8.51. The van der Waals surface area contributed by atoms with Gasteiger partial charge in [0.1, 0.15) is 5.76 Å². The maximum absolute atomic E-state index is 8.51. The molecule has 0 bridgehead atoms. The van der Waals surface area contributed by atoms with E-state index in [0.717, 1.165) is 5.56 Å². The number of hydrogen-bond donors (Lipinski definition) is 1. The molecule has 0 fully saturated rings. The van der Waals surface area contributed by atoms with Gasteiger partial charge in [0.05, 0.1) is 12.9 Å². The van der Waals surface area contributed by atoms with Crippen LogP contribution in [-0.4, -0.2) is 5.11 Å². The summed E-state index contributed by atoms with van der Waals surface area (Å²) in [4.78, 5) is 0. The van der Waals surface area contributed by atoms with Gasteiger partial charge in [-0.1, -0.05) is 0 Å². The molecule has 0 atom stereocenters. The smallest absolute Gasteiger partial charge is 0.109 e. The highest BCUT2D eigenvalue weighted by Crippen LogP contribution is 2.06. The van der Waals surface area contributed by atoms with E-state index in [4.69, 9.17) is 9.52 Å². The zero-order chi connectivity index (χ0) is 5.98. The van der Waals surface area contributed by atoms with Crippen LogP contribution >= 0.6 is 0 Å². The van der Waals surface area contributed by atoms with Crippen molar-refractivity contribution in [2.24, 2.45) is 0 Å². The van der Waals surface area contributed by atoms with Crippen LogP contribution in [0.2, 0.25) is 0 Å². The summed E-state index contributed by atoms with van der Waals surface area (Å²) < 4.78 is 4.78. The first kappa shape index (κ1) is 5.38. The maximum Gasteiger partial charge on any atom is 0.109 e. The number of furan rings is 1. The van der Waals surface area contributed by atoms with E-state index in [1.54, 1.807) is 6.07 Å². The lowest BCUT2D eigenvalue weighted by Crippen LogP contribution is -1.79. The minimum atomic E-state index is 0.00926. The van der Waals surface area contributed by atoms with Crippen LogP contribution in [0.15, 0.2) is 16.7 Å². The Bertz CT molecular complexity index is 167. The van der Waals surface area contributed by atoms with E-state index in [-0.39, 0.29) is 6.61 Å². The molecule has 1 rings (SSSR count). The summed E-state index contributed by atoms with van der Waals surface area (Å²) in [6.45, 7) is 3.53. The minimum Gasteiger partial charge on any atom is -0.469 e. The van der Waals surface area contributed by atoms with Gasteiger partial charge in [-0.3, -0.25) is 0 Å². The third kappa shape index (κ3) is 0.746. The molecule has 1 radical (unpaired) electrons. The monoisotopic (exact) mass is 111 g/mol. The highest BCUT2D eigenvalue weighted by Gasteiger charge is 1.95. The molecule has 1 N–H and O–H groups in total. The third-order valence-electron chi connectivity index (χ3n) is 1.01. The van der Waals surface area contributed by atoms with Gasteiger partial charge in [0.2, 0.25) is 0 Å². The fourth-order valence-electron chi connectivity index (χ4n) is 0.508. The van der Waals surface area contributed by atoms with Crippen LogP contribution < -0.4 is 0 Å². The highest BCUT2D eigenvalue weighted by atomic mass is 16.3. The van der Waals surface area contributed by atoms with Crippen molar-refractivity contribution < 1.29 is 9.52 Å². The summed E-state index contributed by atoms with van der Waals surface area (Å²) in [7, 11) is 0. The second-order valence-electron chi connectivity index (χ2n) is 1.53. The van der Waals surface area contributed by atoms with Gasteiger partial charge in [-0.05, 0) is 6.07 Å². The first-order chi connectivity index (χ1) is 3.84. The quantitative estimate of drug-likeness (QED) is 0.585. The molecule has 1 heterocycles. The van der Waals surface area contributed by atoms with Gasteiger partial charge in [-0.15, -0.1) is 0 Å². The van der Waals surface area contributed by atoms with Crippen molar-refractivity contribution in [1.82, 2.24) is 0 Å². The van der Waals surface area contributed by atoms with E-state index in [1.165, 1.54) is 6.26 Å². The number of rotatable bonds is 1. The molecule has 0 saturated heterocycles. The normalized spacial score (nSPS) is 9.75. The Morgan fingerprint density at radius 3 is 2.75 bits per heavy atom. The van der Waals surface area contributed by atoms with Crippen molar-refractivity contribution in [2.75, 3.05) is 0 Å². The molecular formula is C6H7O2. The Balaban J connectivity index is 2.92. The number of hydrogen-bond acceptors (Lipinski definition) is 2. The summed E-state index contributed by atoms with van der Waals surface area (Å²) in [6, 6.07) is 1.70. The average molecular weight is 111 g/mol. The molecule has 0 spiro atoms. The molecule has 0 aliphatic carbocycles. The molecule has 2 nitrogen and oxygen atoms in total. The molecule has 0 aliphatic heterocycles. The molecular weight excluding hydrogens is 104 g/mol. The average Bonchev–Trinajstić information content (AvgIpc) is 2.14. The molecule has 0 saturated carbocycles. The van der Waals surface area contributed by atoms with Crippen molar-refractivity contribution >= 4 is 0 Å². The predicted molar refractivity (Wildman–Crippen MR) is 29.1 cm³/mol. The van der Waals surface area contributed by atoms with Gasteiger partial charge in [-0.25, -0.2) is 0 Å². The fraction of sp³-hybridized carbons (Fsp3) is 0.167. The Morgan fingerprint density at radius 1 is 1.75 bits per heavy atom. The third-order valence-corrected chi connectivity index (χ3v) is 1.01. The highest BCUT2D eigenvalue weighted by molar-refractivity contribution is 5.17. The topological polar surface area (TPSA) is 33.4 Å². The number of aliphatic hydroxyl groups excluding tert-OH is 1. The van der Waals surface area contributed by atoms with Crippen LogP contribution in [0, 0.1) is 6.92 Å². The number of aliphatic hydroxyl groups is 1. The summed E-state index contributed by atoms with van der Waals surface area (Å²) >= 11 is 0. The van der Waals surface area contributed by atoms with E-state index in [2.05, 4.69) is 6.92 Å². The van der Waals surface area contributed by atoms with Crippen LogP contribution in [0.5, 0.6) is 0 Å². The Labute approximate surface area is 47.7 Å². The van der Waals surface area contributed by atoms with E-state index in [1.807, 2.05) is 0 Å². The van der Waals surface area contributed by atoms with Crippen molar-refractivity contribution in [1.29, 1.82) is 0 Å². The molecule has 8 heavy (non-hydrogen) atoms. The van der Waals surface area contributed by atoms with E-state index >= 15 is 0 Å². The Kier molecular flexibility index (Phi) is 1.35. The van der Waals surface area contributed by atoms with Gasteiger partial charge < -0.3 is 9.52 Å². The minimum absolute atomic E-state index is 0.00926. The van der Waals surface area contributed by atoms with Gasteiger partial charge >= 0.3 is 0 Å². The van der Waals surface area contributed by atoms with Gasteiger partial charge in [-0.2, -0.15) is 0 Å². The van der Waals surface area contributed by atoms with Crippen molar-refractivity contribution in [3.05, 3.63) is 30.6 Å². The molecule has 0 unspecified atom stereocenters. The van der Waals surface area contributed by atoms with Crippen molar-refractivity contribution in [2.45, 2.75) is 6.61 Å². The summed E-state index contributed by atoms with van der Waals surface area (Å²) in [6.07, 6.45) is 1.51. The van der Waals surface area contributed by atoms with E-state index < -0.39 is 0 Å². The molecule has 0 amide bonds. The molecule has 0 aliphatic rings. The van der Waals surface area contributed by atoms with Gasteiger partial charge in [0.25, 0.3) is 0 Å². The van der Waals surface area contributed by atoms with Crippen molar-refractivity contribution in [3.63, 3.8) is 0 Å². The van der Waals surface area contributed by atoms with Crippen molar-refractivity contribution in [3.8, 4) is 0 Å². The van der Waals surface area contributed by atoms with Gasteiger partial charge in [0.15, 0.2) is 0 Å². The second kappa shape index (κ2) is 2.01. The summed E-state index contributed by atoms with van der Waals surface area (Å²) in [5.74, 6) is 0.549. The lowest BCUT2D eigenvalue weighted by atomic mass is 10.3. The van der Waals surface area contributed by atoms with Gasteiger partial charge in [0, 0.05) is 12.5 Å². The largest absolute Gasteiger partial charge is 0.469 e. The lowest BCUT2D eigenvalue weighted by Gasteiger charge is -1.85. The van der Waals surface area contributed by atoms with Crippen LogP contribution in [0.4, 0.5) is 0 Å². The standard InChI is InChI=1S/C6H7O2/c1-5-6(4-7)2-3-8-5/h2-3,7H,1,4H2. The zero-order valence-corrected chi connectivity index (χ0v) is 4.42. The van der Waals surface area contributed by atoms with E-state index in [9.17, 15) is 0 Å². The molecule has 2 heteroatoms. The first-order valence-electron chi connectivity index (χ1n) is 2.34. The first-order valence-corrected chi connectivity index (χ1v) is 2.34. The summed E-state index contributed by atoms with van der Waals surface area (Å²) in [5.41, 5.74) is 0.755. The predicted octanol–water partition coefficient (Wildman–Crippen LogP) is 0.954. The Hall–Kier alpha value is -0.760. The zero-order valence-electron chi connectivity index (χ0n) is 4.42. The fourth-order valence-corrected chi connectivity index (χ4v) is 0.508. The van der Waals surface area contributed by atoms with Crippen LogP contribution in [0.3, 0.4) is 0 Å². The molecule has 43 valence electrons. The van der Waals surface area contributed by atoms with Crippen LogP contribution in [0.25, 0.3) is 0 Å². The second-order valence-corrected chi connectivity index (χ2v) is 1.53.